The van der Waals surface area contributed by atoms with Gasteiger partial charge in [-0.1, -0.05) is 25.7 Å². The smallest absolute Gasteiger partial charge is 0.320 e. The number of hydrogen-bond acceptors (Lipinski definition) is 2. The molecule has 0 bridgehead atoms. The molecule has 2 amide bonds. The maximum absolute atomic E-state index is 12.3. The van der Waals surface area contributed by atoms with Gasteiger partial charge in [0.15, 0.2) is 0 Å². The maximum Gasteiger partial charge on any atom is 0.320 e. The van der Waals surface area contributed by atoms with Crippen LogP contribution in [0.15, 0.2) is 0 Å². The molecule has 0 spiro atoms. The number of hydrogen-bond donors (Lipinski definition) is 1. The highest BCUT2D eigenvalue weighted by atomic mass is 16.4. The molecule has 2 aliphatic rings. The lowest BCUT2D eigenvalue weighted by Gasteiger charge is -2.42. The number of urea groups is 1. The molecule has 1 N–H and O–H groups in total. The van der Waals surface area contributed by atoms with Crippen LogP contribution in [-0.4, -0.2) is 53.1 Å². The molecule has 2 rings (SSSR count). The minimum atomic E-state index is -0.770. The molecule has 0 aromatic heterocycles. The van der Waals surface area contributed by atoms with Crippen LogP contribution < -0.4 is 0 Å². The Morgan fingerprint density at radius 2 is 1.84 bits per heavy atom. The summed E-state index contributed by atoms with van der Waals surface area (Å²) < 4.78 is 0. The largest absolute Gasteiger partial charge is 0.481 e. The van der Waals surface area contributed by atoms with Gasteiger partial charge in [0.05, 0.1) is 6.42 Å². The fourth-order valence-electron chi connectivity index (χ4n) is 3.35. The van der Waals surface area contributed by atoms with E-state index in [0.717, 1.165) is 12.8 Å². The average molecular weight is 268 g/mol. The molecule has 1 aliphatic carbocycles. The number of rotatable bonds is 3. The second kappa shape index (κ2) is 6.26. The van der Waals surface area contributed by atoms with E-state index >= 15 is 0 Å². The molecule has 1 aliphatic heterocycles. The number of aliphatic carboxylic acids is 1. The predicted molar refractivity (Wildman–Crippen MR) is 72.0 cm³/mol. The van der Waals surface area contributed by atoms with Crippen LogP contribution in [0.3, 0.4) is 0 Å². The van der Waals surface area contributed by atoms with Gasteiger partial charge in [0.25, 0.3) is 0 Å². The quantitative estimate of drug-likeness (QED) is 0.798. The van der Waals surface area contributed by atoms with E-state index in [9.17, 15) is 9.59 Å². The molecule has 5 nitrogen and oxygen atoms in total. The average Bonchev–Trinajstić information content (AvgIpc) is 2.61. The second-order valence-corrected chi connectivity index (χ2v) is 5.92. The van der Waals surface area contributed by atoms with Gasteiger partial charge >= 0.3 is 12.0 Å². The van der Waals surface area contributed by atoms with Crippen molar-refractivity contribution < 1.29 is 14.7 Å². The first-order valence-corrected chi connectivity index (χ1v) is 7.31. The van der Waals surface area contributed by atoms with Crippen molar-refractivity contribution in [2.75, 3.05) is 20.1 Å². The Labute approximate surface area is 114 Å². The lowest BCUT2D eigenvalue weighted by atomic mass is 9.98. The Balaban J connectivity index is 2.03. The SMILES string of the molecule is CN1CC(CC(=O)O)CN(C2CCCCCC2)C1=O. The Bertz CT molecular complexity index is 338. The summed E-state index contributed by atoms with van der Waals surface area (Å²) in [4.78, 5) is 26.8. The monoisotopic (exact) mass is 268 g/mol. The van der Waals surface area contributed by atoms with Gasteiger partial charge in [-0.3, -0.25) is 4.79 Å². The van der Waals surface area contributed by atoms with Gasteiger partial charge in [0.1, 0.15) is 0 Å². The van der Waals surface area contributed by atoms with Crippen molar-refractivity contribution in [2.45, 2.75) is 51.0 Å². The molecule has 1 atom stereocenters. The Morgan fingerprint density at radius 1 is 1.21 bits per heavy atom. The maximum atomic E-state index is 12.3. The number of carboxylic acids is 1. The van der Waals surface area contributed by atoms with Crippen molar-refractivity contribution in [1.29, 1.82) is 0 Å². The summed E-state index contributed by atoms with van der Waals surface area (Å²) in [5.41, 5.74) is 0. The molecule has 0 aromatic carbocycles. The van der Waals surface area contributed by atoms with Gasteiger partial charge < -0.3 is 14.9 Å². The molecule has 108 valence electrons. The summed E-state index contributed by atoms with van der Waals surface area (Å²) in [6, 6.07) is 0.391. The third-order valence-corrected chi connectivity index (χ3v) is 4.29. The van der Waals surface area contributed by atoms with Gasteiger partial charge in [0.2, 0.25) is 0 Å². The second-order valence-electron chi connectivity index (χ2n) is 5.92. The summed E-state index contributed by atoms with van der Waals surface area (Å²) in [7, 11) is 1.78. The zero-order chi connectivity index (χ0) is 13.8. The number of carboxylic acid groups (broad SMARTS) is 1. The molecule has 2 fully saturated rings. The molecule has 0 radical (unpaired) electrons. The lowest BCUT2D eigenvalue weighted by Crippen LogP contribution is -2.55. The fourth-order valence-corrected chi connectivity index (χ4v) is 3.35. The Hall–Kier alpha value is -1.26. The summed E-state index contributed by atoms with van der Waals surface area (Å²) in [5.74, 6) is -0.711. The third kappa shape index (κ3) is 3.61. The zero-order valence-corrected chi connectivity index (χ0v) is 11.7. The first-order valence-electron chi connectivity index (χ1n) is 7.31. The molecule has 1 heterocycles. The standard InChI is InChI=1S/C14H24N2O3/c1-15-9-11(8-13(17)18)10-16(14(15)19)12-6-4-2-3-5-7-12/h11-12H,2-10H2,1H3,(H,17,18). The Kier molecular flexibility index (Phi) is 4.66. The number of nitrogens with zero attached hydrogens (tertiary/aromatic N) is 2. The van der Waals surface area contributed by atoms with Crippen LogP contribution in [0.5, 0.6) is 0 Å². The first-order chi connectivity index (χ1) is 9.08. The van der Waals surface area contributed by atoms with Gasteiger partial charge in [-0.2, -0.15) is 0 Å². The highest BCUT2D eigenvalue weighted by Crippen LogP contribution is 2.26. The van der Waals surface area contributed by atoms with Crippen LogP contribution in [0.1, 0.15) is 44.9 Å². The summed E-state index contributed by atoms with van der Waals surface area (Å²) in [5, 5.41) is 8.94. The third-order valence-electron chi connectivity index (χ3n) is 4.29. The number of carbonyl (C=O) groups excluding carboxylic acids is 1. The minimum Gasteiger partial charge on any atom is -0.481 e. The van der Waals surface area contributed by atoms with Gasteiger partial charge in [-0.25, -0.2) is 4.79 Å². The van der Waals surface area contributed by atoms with Crippen molar-refractivity contribution in [2.24, 2.45) is 5.92 Å². The Morgan fingerprint density at radius 3 is 2.42 bits per heavy atom. The van der Waals surface area contributed by atoms with E-state index in [1.54, 1.807) is 11.9 Å². The van der Waals surface area contributed by atoms with Crippen molar-refractivity contribution in [1.82, 2.24) is 9.80 Å². The normalized spacial score (nSPS) is 26.4. The van der Waals surface area contributed by atoms with E-state index in [1.807, 2.05) is 4.90 Å². The van der Waals surface area contributed by atoms with E-state index in [0.29, 0.717) is 19.1 Å². The van der Waals surface area contributed by atoms with Crippen molar-refractivity contribution >= 4 is 12.0 Å². The topological polar surface area (TPSA) is 60.9 Å². The van der Waals surface area contributed by atoms with Crippen molar-refractivity contribution in [3.05, 3.63) is 0 Å². The van der Waals surface area contributed by atoms with Crippen LogP contribution in [0.4, 0.5) is 4.79 Å². The first kappa shape index (κ1) is 14.2. The van der Waals surface area contributed by atoms with E-state index in [4.69, 9.17) is 5.11 Å². The van der Waals surface area contributed by atoms with Crippen molar-refractivity contribution in [3.8, 4) is 0 Å². The van der Waals surface area contributed by atoms with Crippen LogP contribution in [0.2, 0.25) is 0 Å². The summed E-state index contributed by atoms with van der Waals surface area (Å²) >= 11 is 0. The van der Waals surface area contributed by atoms with E-state index in [1.165, 1.54) is 25.7 Å². The fraction of sp³-hybridized carbons (Fsp3) is 0.857. The molecule has 1 saturated heterocycles. The van der Waals surface area contributed by atoms with Crippen LogP contribution >= 0.6 is 0 Å². The van der Waals surface area contributed by atoms with E-state index < -0.39 is 5.97 Å². The van der Waals surface area contributed by atoms with Gasteiger partial charge in [-0.05, 0) is 12.8 Å². The lowest BCUT2D eigenvalue weighted by molar-refractivity contribution is -0.138. The molecular weight excluding hydrogens is 244 g/mol. The zero-order valence-electron chi connectivity index (χ0n) is 11.7. The molecule has 1 saturated carbocycles. The van der Waals surface area contributed by atoms with Gasteiger partial charge in [0, 0.05) is 32.1 Å². The molecular formula is C14H24N2O3. The minimum absolute atomic E-state index is 0.0588. The number of amides is 2. The number of carbonyl (C=O) groups is 2. The van der Waals surface area contributed by atoms with Crippen molar-refractivity contribution in [3.63, 3.8) is 0 Å². The predicted octanol–water partition coefficient (Wildman–Crippen LogP) is 2.17. The van der Waals surface area contributed by atoms with Gasteiger partial charge in [-0.15, -0.1) is 0 Å². The van der Waals surface area contributed by atoms with Crippen LogP contribution in [0, 0.1) is 5.92 Å². The molecule has 5 heteroatoms. The van der Waals surface area contributed by atoms with Crippen LogP contribution in [0.25, 0.3) is 0 Å². The summed E-state index contributed by atoms with van der Waals surface area (Å²) in [6.07, 6.45) is 7.17. The summed E-state index contributed by atoms with van der Waals surface area (Å²) in [6.45, 7) is 1.18. The molecule has 0 aromatic rings. The molecule has 1 unspecified atom stereocenters. The molecule has 19 heavy (non-hydrogen) atoms. The highest BCUT2D eigenvalue weighted by Gasteiger charge is 2.34. The van der Waals surface area contributed by atoms with E-state index in [-0.39, 0.29) is 18.4 Å². The van der Waals surface area contributed by atoms with E-state index in [2.05, 4.69) is 0 Å². The highest BCUT2D eigenvalue weighted by molar-refractivity contribution is 5.76. The van der Waals surface area contributed by atoms with Crippen LogP contribution in [-0.2, 0) is 4.79 Å².